The van der Waals surface area contributed by atoms with Crippen LogP contribution in [0.5, 0.6) is 0 Å². The van der Waals surface area contributed by atoms with Crippen LogP contribution in [-0.4, -0.2) is 44.6 Å². The molecule has 1 amide bonds. The highest BCUT2D eigenvalue weighted by Gasteiger charge is 2.38. The van der Waals surface area contributed by atoms with Gasteiger partial charge in [0.2, 0.25) is 5.91 Å². The fraction of sp³-hybridized carbons (Fsp3) is 0.727. The third kappa shape index (κ3) is 3.90. The summed E-state index contributed by atoms with van der Waals surface area (Å²) in [5.41, 5.74) is 0. The first-order chi connectivity index (χ1) is 8.35. The van der Waals surface area contributed by atoms with Crippen LogP contribution in [0.1, 0.15) is 32.6 Å². The van der Waals surface area contributed by atoms with E-state index in [1.165, 1.54) is 11.8 Å². The van der Waals surface area contributed by atoms with Crippen molar-refractivity contribution in [2.75, 3.05) is 5.75 Å². The van der Waals surface area contributed by atoms with Gasteiger partial charge in [0.05, 0.1) is 4.75 Å². The fourth-order valence-electron chi connectivity index (χ4n) is 1.79. The minimum Gasteiger partial charge on any atom is -0.481 e. The molecule has 3 N–H and O–H groups in total. The summed E-state index contributed by atoms with van der Waals surface area (Å²) in [6.45, 7) is 1.79. The van der Waals surface area contributed by atoms with E-state index in [2.05, 4.69) is 5.32 Å². The molecule has 1 aliphatic heterocycles. The number of rotatable bonds is 6. The van der Waals surface area contributed by atoms with Gasteiger partial charge in [-0.3, -0.25) is 9.59 Å². The number of carbonyl (C=O) groups is 3. The van der Waals surface area contributed by atoms with Crippen LogP contribution in [0, 0.1) is 0 Å². The second kappa shape index (κ2) is 6.08. The Hall–Kier alpha value is -1.24. The van der Waals surface area contributed by atoms with Crippen LogP contribution < -0.4 is 5.32 Å². The summed E-state index contributed by atoms with van der Waals surface area (Å²) >= 11 is 1.51. The first-order valence-corrected chi connectivity index (χ1v) is 6.73. The summed E-state index contributed by atoms with van der Waals surface area (Å²) < 4.78 is -0.586. The van der Waals surface area contributed by atoms with Crippen LogP contribution in [0.3, 0.4) is 0 Å². The molecule has 2 atom stereocenters. The van der Waals surface area contributed by atoms with Gasteiger partial charge in [0.25, 0.3) is 0 Å². The summed E-state index contributed by atoms with van der Waals surface area (Å²) in [4.78, 5) is 33.4. The Labute approximate surface area is 109 Å². The molecule has 1 saturated heterocycles. The van der Waals surface area contributed by atoms with E-state index in [9.17, 15) is 14.4 Å². The minimum atomic E-state index is -1.20. The number of hydrogen-bond donors (Lipinski definition) is 3. The van der Waals surface area contributed by atoms with Crippen molar-refractivity contribution in [1.29, 1.82) is 0 Å². The molecular weight excluding hydrogens is 258 g/mol. The number of carboxylic acids is 2. The summed E-state index contributed by atoms with van der Waals surface area (Å²) in [7, 11) is 0. The van der Waals surface area contributed by atoms with Crippen molar-refractivity contribution in [3.63, 3.8) is 0 Å². The van der Waals surface area contributed by atoms with Gasteiger partial charge in [0, 0.05) is 6.42 Å². The zero-order valence-electron chi connectivity index (χ0n) is 10.1. The van der Waals surface area contributed by atoms with Crippen LogP contribution in [0.2, 0.25) is 0 Å². The van der Waals surface area contributed by atoms with E-state index in [1.54, 1.807) is 6.92 Å². The minimum absolute atomic E-state index is 0.100. The standard InChI is InChI=1S/C11H17NO5S/c1-11(5-2-6-18-11)10(17)12-7(9(15)16)3-4-8(13)14/h7H,2-6H2,1H3,(H,12,17)(H,13,14)(H,15,16)/t7-,11?/m0/s1. The number of aliphatic carboxylic acids is 2. The molecule has 18 heavy (non-hydrogen) atoms. The van der Waals surface area contributed by atoms with Crippen LogP contribution in [-0.2, 0) is 14.4 Å². The molecule has 0 aromatic heterocycles. The lowest BCUT2D eigenvalue weighted by Gasteiger charge is -2.24. The van der Waals surface area contributed by atoms with Gasteiger partial charge in [-0.05, 0) is 31.9 Å². The quantitative estimate of drug-likeness (QED) is 0.659. The molecule has 1 aliphatic rings. The lowest BCUT2D eigenvalue weighted by Crippen LogP contribution is -2.48. The molecule has 1 fully saturated rings. The van der Waals surface area contributed by atoms with Crippen molar-refractivity contribution in [2.24, 2.45) is 0 Å². The van der Waals surface area contributed by atoms with Gasteiger partial charge in [0.15, 0.2) is 0 Å². The number of nitrogens with one attached hydrogen (secondary N) is 1. The average Bonchev–Trinajstić information content (AvgIpc) is 2.71. The van der Waals surface area contributed by atoms with Crippen LogP contribution in [0.4, 0.5) is 0 Å². The van der Waals surface area contributed by atoms with Crippen molar-refractivity contribution in [3.05, 3.63) is 0 Å². The molecule has 7 heteroatoms. The van der Waals surface area contributed by atoms with E-state index >= 15 is 0 Å². The first kappa shape index (κ1) is 14.8. The Kier molecular flexibility index (Phi) is 5.01. The summed E-state index contributed by atoms with van der Waals surface area (Å²) in [5.74, 6) is -1.70. The number of amides is 1. The van der Waals surface area contributed by atoms with E-state index in [4.69, 9.17) is 10.2 Å². The molecule has 102 valence electrons. The zero-order chi connectivity index (χ0) is 13.8. The monoisotopic (exact) mass is 275 g/mol. The molecule has 0 bridgehead atoms. The van der Waals surface area contributed by atoms with Crippen molar-refractivity contribution >= 4 is 29.6 Å². The normalized spacial score (nSPS) is 24.5. The van der Waals surface area contributed by atoms with Gasteiger partial charge in [-0.2, -0.15) is 0 Å². The first-order valence-electron chi connectivity index (χ1n) is 5.75. The number of carbonyl (C=O) groups excluding carboxylic acids is 1. The maximum absolute atomic E-state index is 12.0. The summed E-state index contributed by atoms with van der Waals surface area (Å²) in [6.07, 6.45) is 1.27. The highest BCUT2D eigenvalue weighted by Crippen LogP contribution is 2.37. The average molecular weight is 275 g/mol. The van der Waals surface area contributed by atoms with E-state index in [-0.39, 0.29) is 18.7 Å². The molecule has 6 nitrogen and oxygen atoms in total. The van der Waals surface area contributed by atoms with E-state index < -0.39 is 22.7 Å². The molecule has 0 saturated carbocycles. The highest BCUT2D eigenvalue weighted by molar-refractivity contribution is 8.01. The predicted molar refractivity (Wildman–Crippen MR) is 66.5 cm³/mol. The van der Waals surface area contributed by atoms with Crippen molar-refractivity contribution in [2.45, 2.75) is 43.4 Å². The molecule has 1 heterocycles. The third-order valence-electron chi connectivity index (χ3n) is 2.95. The van der Waals surface area contributed by atoms with Gasteiger partial charge >= 0.3 is 11.9 Å². The smallest absolute Gasteiger partial charge is 0.326 e. The lowest BCUT2D eigenvalue weighted by atomic mass is 10.0. The molecule has 0 radical (unpaired) electrons. The molecule has 1 unspecified atom stereocenters. The Balaban J connectivity index is 2.57. The fourth-order valence-corrected chi connectivity index (χ4v) is 3.01. The van der Waals surface area contributed by atoms with Gasteiger partial charge in [0.1, 0.15) is 6.04 Å². The number of hydrogen-bond acceptors (Lipinski definition) is 4. The van der Waals surface area contributed by atoms with E-state index in [0.29, 0.717) is 0 Å². The molecule has 0 aromatic rings. The molecule has 1 rings (SSSR count). The molecule has 0 aromatic carbocycles. The SMILES string of the molecule is CC1(C(=O)N[C@@H](CCC(=O)O)C(=O)O)CCCS1. The Bertz CT molecular complexity index is 351. The Morgan fingerprint density at radius 1 is 1.39 bits per heavy atom. The second-order valence-electron chi connectivity index (χ2n) is 4.48. The number of carboxylic acid groups (broad SMARTS) is 2. The van der Waals surface area contributed by atoms with Crippen LogP contribution in [0.25, 0.3) is 0 Å². The van der Waals surface area contributed by atoms with Gasteiger partial charge in [-0.15, -0.1) is 11.8 Å². The van der Waals surface area contributed by atoms with Gasteiger partial charge in [-0.1, -0.05) is 0 Å². The topological polar surface area (TPSA) is 104 Å². The van der Waals surface area contributed by atoms with Gasteiger partial charge < -0.3 is 15.5 Å². The summed E-state index contributed by atoms with van der Waals surface area (Å²) in [5, 5.41) is 19.9. The van der Waals surface area contributed by atoms with E-state index in [0.717, 1.165) is 18.6 Å². The number of thioether (sulfide) groups is 1. The Morgan fingerprint density at radius 2 is 2.06 bits per heavy atom. The largest absolute Gasteiger partial charge is 0.481 e. The second-order valence-corrected chi connectivity index (χ2v) is 6.08. The van der Waals surface area contributed by atoms with Crippen LogP contribution in [0.15, 0.2) is 0 Å². The predicted octanol–water partition coefficient (Wildman–Crippen LogP) is 0.706. The third-order valence-corrected chi connectivity index (χ3v) is 4.47. The highest BCUT2D eigenvalue weighted by atomic mass is 32.2. The van der Waals surface area contributed by atoms with E-state index in [1.807, 2.05) is 0 Å². The maximum Gasteiger partial charge on any atom is 0.326 e. The maximum atomic E-state index is 12.0. The van der Waals surface area contributed by atoms with Crippen LogP contribution >= 0.6 is 11.8 Å². The Morgan fingerprint density at radius 3 is 2.50 bits per heavy atom. The lowest BCUT2D eigenvalue weighted by molar-refractivity contribution is -0.143. The van der Waals surface area contributed by atoms with Crippen molar-refractivity contribution in [1.82, 2.24) is 5.32 Å². The molecule has 0 aliphatic carbocycles. The zero-order valence-corrected chi connectivity index (χ0v) is 11.0. The van der Waals surface area contributed by atoms with Crippen molar-refractivity contribution < 1.29 is 24.6 Å². The van der Waals surface area contributed by atoms with Gasteiger partial charge in [-0.25, -0.2) is 4.79 Å². The van der Waals surface area contributed by atoms with Crippen molar-refractivity contribution in [3.8, 4) is 0 Å². The molecule has 0 spiro atoms. The molecular formula is C11H17NO5S. The summed E-state index contributed by atoms with van der Waals surface area (Å²) in [6, 6.07) is -1.13.